The Labute approximate surface area is 73.2 Å². The van der Waals surface area contributed by atoms with Gasteiger partial charge >= 0.3 is 0 Å². The molecule has 1 aliphatic carbocycles. The van der Waals surface area contributed by atoms with Crippen LogP contribution in [0.2, 0.25) is 0 Å². The molecule has 0 amide bonds. The first-order valence-electron chi connectivity index (χ1n) is 4.38. The molecule has 0 saturated heterocycles. The summed E-state index contributed by atoms with van der Waals surface area (Å²) in [6.07, 6.45) is 6.05. The Morgan fingerprint density at radius 3 is 2.45 bits per heavy atom. The molecule has 0 heterocycles. The number of hydrogen-bond donors (Lipinski definition) is 0. The standard InChI is InChI=1S/C9H15NS/c1-2-11-9(8-10)6-4-3-5-7-9/h2-7H2,1H3. The van der Waals surface area contributed by atoms with Gasteiger partial charge in [-0.05, 0) is 18.6 Å². The first-order chi connectivity index (χ1) is 5.33. The molecular formula is C9H15NS. The smallest absolute Gasteiger partial charge is 0.102 e. The Balaban J connectivity index is 2.51. The van der Waals surface area contributed by atoms with Gasteiger partial charge in [-0.2, -0.15) is 5.26 Å². The van der Waals surface area contributed by atoms with Crippen LogP contribution in [0.3, 0.4) is 0 Å². The van der Waals surface area contributed by atoms with Crippen molar-refractivity contribution in [1.82, 2.24) is 0 Å². The van der Waals surface area contributed by atoms with E-state index in [-0.39, 0.29) is 4.75 Å². The fourth-order valence-electron chi connectivity index (χ4n) is 1.69. The van der Waals surface area contributed by atoms with Crippen LogP contribution < -0.4 is 0 Å². The van der Waals surface area contributed by atoms with Crippen molar-refractivity contribution in [2.75, 3.05) is 5.75 Å². The fraction of sp³-hybridized carbons (Fsp3) is 0.889. The monoisotopic (exact) mass is 169 g/mol. The second-order valence-corrected chi connectivity index (χ2v) is 4.75. The van der Waals surface area contributed by atoms with Crippen molar-refractivity contribution in [1.29, 1.82) is 5.26 Å². The molecule has 0 atom stereocenters. The average molecular weight is 169 g/mol. The average Bonchev–Trinajstić information content (AvgIpc) is 2.07. The van der Waals surface area contributed by atoms with Crippen LogP contribution in [0, 0.1) is 11.3 Å². The van der Waals surface area contributed by atoms with Crippen LogP contribution in [0.25, 0.3) is 0 Å². The zero-order chi connectivity index (χ0) is 8.16. The predicted octanol–water partition coefficient (Wildman–Crippen LogP) is 2.97. The zero-order valence-corrected chi connectivity index (χ0v) is 7.91. The van der Waals surface area contributed by atoms with Crippen molar-refractivity contribution in [2.45, 2.75) is 43.8 Å². The maximum absolute atomic E-state index is 9.00. The van der Waals surface area contributed by atoms with Crippen molar-refractivity contribution >= 4 is 11.8 Å². The third-order valence-electron chi connectivity index (χ3n) is 2.29. The lowest BCUT2D eigenvalue weighted by Gasteiger charge is -2.29. The summed E-state index contributed by atoms with van der Waals surface area (Å²) < 4.78 is -0.00694. The quantitative estimate of drug-likeness (QED) is 0.634. The summed E-state index contributed by atoms with van der Waals surface area (Å²) in [5.41, 5.74) is 0. The largest absolute Gasteiger partial charge is 0.197 e. The maximum Gasteiger partial charge on any atom is 0.102 e. The lowest BCUT2D eigenvalue weighted by molar-refractivity contribution is 0.459. The number of nitrogens with zero attached hydrogens (tertiary/aromatic N) is 1. The highest BCUT2D eigenvalue weighted by Gasteiger charge is 2.31. The third-order valence-corrected chi connectivity index (χ3v) is 3.63. The minimum atomic E-state index is -0.00694. The summed E-state index contributed by atoms with van der Waals surface area (Å²) in [6, 6.07) is 2.48. The molecule has 1 saturated carbocycles. The highest BCUT2D eigenvalue weighted by molar-refractivity contribution is 8.00. The second kappa shape index (κ2) is 4.01. The topological polar surface area (TPSA) is 23.8 Å². The summed E-state index contributed by atoms with van der Waals surface area (Å²) in [6.45, 7) is 2.14. The van der Waals surface area contributed by atoms with E-state index in [1.165, 1.54) is 19.3 Å². The van der Waals surface area contributed by atoms with Gasteiger partial charge in [-0.3, -0.25) is 0 Å². The van der Waals surface area contributed by atoms with E-state index in [9.17, 15) is 0 Å². The summed E-state index contributed by atoms with van der Waals surface area (Å²) in [5, 5.41) is 9.00. The van der Waals surface area contributed by atoms with Crippen LogP contribution in [0.15, 0.2) is 0 Å². The van der Waals surface area contributed by atoms with Gasteiger partial charge in [0.25, 0.3) is 0 Å². The normalized spacial score (nSPS) is 22.5. The van der Waals surface area contributed by atoms with E-state index in [2.05, 4.69) is 13.0 Å². The number of nitriles is 1. The Morgan fingerprint density at radius 1 is 1.36 bits per heavy atom. The molecule has 0 bridgehead atoms. The summed E-state index contributed by atoms with van der Waals surface area (Å²) >= 11 is 1.84. The Bertz CT molecular complexity index is 148. The van der Waals surface area contributed by atoms with E-state index in [1.807, 2.05) is 11.8 Å². The molecule has 1 fully saturated rings. The lowest BCUT2D eigenvalue weighted by atomic mass is 9.89. The lowest BCUT2D eigenvalue weighted by Crippen LogP contribution is -2.25. The van der Waals surface area contributed by atoms with Gasteiger partial charge in [0.2, 0.25) is 0 Å². The van der Waals surface area contributed by atoms with E-state index >= 15 is 0 Å². The van der Waals surface area contributed by atoms with Gasteiger partial charge < -0.3 is 0 Å². The first-order valence-corrected chi connectivity index (χ1v) is 5.37. The Kier molecular flexibility index (Phi) is 3.26. The van der Waals surface area contributed by atoms with Gasteiger partial charge in [0, 0.05) is 0 Å². The molecule has 2 heteroatoms. The van der Waals surface area contributed by atoms with Gasteiger partial charge in [0.15, 0.2) is 0 Å². The van der Waals surface area contributed by atoms with Crippen molar-refractivity contribution in [3.05, 3.63) is 0 Å². The molecular weight excluding hydrogens is 154 g/mol. The van der Waals surface area contributed by atoms with E-state index in [0.717, 1.165) is 18.6 Å². The van der Waals surface area contributed by atoms with Gasteiger partial charge in [-0.15, -0.1) is 11.8 Å². The molecule has 0 aliphatic heterocycles. The Hall–Kier alpha value is -0.160. The van der Waals surface area contributed by atoms with Crippen LogP contribution in [-0.4, -0.2) is 10.5 Å². The SMILES string of the molecule is CCSC1(C#N)CCCCC1. The third kappa shape index (κ3) is 2.13. The summed E-state index contributed by atoms with van der Waals surface area (Å²) in [4.78, 5) is 0. The van der Waals surface area contributed by atoms with E-state index < -0.39 is 0 Å². The maximum atomic E-state index is 9.00. The molecule has 1 nitrogen and oxygen atoms in total. The van der Waals surface area contributed by atoms with Gasteiger partial charge in [0.05, 0.1) is 6.07 Å². The molecule has 0 unspecified atom stereocenters. The van der Waals surface area contributed by atoms with Gasteiger partial charge in [0.1, 0.15) is 4.75 Å². The molecule has 0 N–H and O–H groups in total. The number of hydrogen-bond acceptors (Lipinski definition) is 2. The van der Waals surface area contributed by atoms with Crippen molar-refractivity contribution in [3.63, 3.8) is 0 Å². The van der Waals surface area contributed by atoms with Crippen LogP contribution >= 0.6 is 11.8 Å². The molecule has 11 heavy (non-hydrogen) atoms. The van der Waals surface area contributed by atoms with Crippen LogP contribution in [-0.2, 0) is 0 Å². The van der Waals surface area contributed by atoms with Crippen molar-refractivity contribution in [2.24, 2.45) is 0 Å². The molecule has 0 aromatic rings. The van der Waals surface area contributed by atoms with Crippen molar-refractivity contribution < 1.29 is 0 Å². The number of rotatable bonds is 2. The molecule has 0 aromatic carbocycles. The van der Waals surface area contributed by atoms with Crippen LogP contribution in [0.5, 0.6) is 0 Å². The van der Waals surface area contributed by atoms with E-state index in [4.69, 9.17) is 5.26 Å². The van der Waals surface area contributed by atoms with E-state index in [1.54, 1.807) is 0 Å². The second-order valence-electron chi connectivity index (χ2n) is 3.10. The van der Waals surface area contributed by atoms with Gasteiger partial charge in [-0.1, -0.05) is 26.2 Å². The molecule has 1 rings (SSSR count). The Morgan fingerprint density at radius 2 is 2.00 bits per heavy atom. The van der Waals surface area contributed by atoms with Crippen LogP contribution in [0.4, 0.5) is 0 Å². The minimum Gasteiger partial charge on any atom is -0.197 e. The molecule has 1 aliphatic rings. The zero-order valence-electron chi connectivity index (χ0n) is 7.10. The van der Waals surface area contributed by atoms with E-state index in [0.29, 0.717) is 0 Å². The molecule has 62 valence electrons. The van der Waals surface area contributed by atoms with Gasteiger partial charge in [-0.25, -0.2) is 0 Å². The summed E-state index contributed by atoms with van der Waals surface area (Å²) in [5.74, 6) is 1.08. The first kappa shape index (κ1) is 8.93. The highest BCUT2D eigenvalue weighted by Crippen LogP contribution is 2.38. The summed E-state index contributed by atoms with van der Waals surface area (Å²) in [7, 11) is 0. The molecule has 0 spiro atoms. The fourth-order valence-corrected chi connectivity index (χ4v) is 2.88. The van der Waals surface area contributed by atoms with Crippen LogP contribution in [0.1, 0.15) is 39.0 Å². The highest BCUT2D eigenvalue weighted by atomic mass is 32.2. The van der Waals surface area contributed by atoms with Crippen molar-refractivity contribution in [3.8, 4) is 6.07 Å². The molecule has 0 aromatic heterocycles. The minimum absolute atomic E-state index is 0.00694. The molecule has 0 radical (unpaired) electrons. The predicted molar refractivity (Wildman–Crippen MR) is 49.6 cm³/mol. The number of thioether (sulfide) groups is 1.